The van der Waals surface area contributed by atoms with E-state index in [4.69, 9.17) is 21.1 Å². The molecule has 0 aliphatic carbocycles. The Morgan fingerprint density at radius 1 is 1.03 bits per heavy atom. The zero-order valence-corrected chi connectivity index (χ0v) is 20.4. The van der Waals surface area contributed by atoms with Gasteiger partial charge in [-0.1, -0.05) is 17.7 Å². The molecule has 4 rings (SSSR count). The van der Waals surface area contributed by atoms with E-state index in [0.717, 1.165) is 0 Å². The van der Waals surface area contributed by atoms with Gasteiger partial charge in [0.2, 0.25) is 0 Å². The average molecular weight is 512 g/mol. The van der Waals surface area contributed by atoms with Gasteiger partial charge in [0.05, 0.1) is 10.5 Å². The number of aromatic carboxylic acids is 1. The summed E-state index contributed by atoms with van der Waals surface area (Å²) in [7, 11) is 0. The van der Waals surface area contributed by atoms with Gasteiger partial charge in [-0.15, -0.1) is 0 Å². The summed E-state index contributed by atoms with van der Waals surface area (Å²) < 4.78 is 25.3. The summed E-state index contributed by atoms with van der Waals surface area (Å²) in [6.07, 6.45) is -0.582. The summed E-state index contributed by atoms with van der Waals surface area (Å²) in [5.74, 6) is -0.935. The maximum atomic E-state index is 14.2. The van der Waals surface area contributed by atoms with E-state index >= 15 is 0 Å². The van der Waals surface area contributed by atoms with Gasteiger partial charge in [-0.25, -0.2) is 14.0 Å². The molecule has 3 aromatic carbocycles. The number of anilines is 3. The molecule has 10 heteroatoms. The molecule has 1 aromatic heterocycles. The first-order valence-corrected chi connectivity index (χ1v) is 11.3. The third kappa shape index (κ3) is 5.87. The molecule has 1 heterocycles. The van der Waals surface area contributed by atoms with Gasteiger partial charge in [-0.2, -0.15) is 0 Å². The Labute approximate surface area is 211 Å². The Balaban J connectivity index is 1.50. The quantitative estimate of drug-likeness (QED) is 0.213. The first-order chi connectivity index (χ1) is 17.0. The van der Waals surface area contributed by atoms with E-state index in [0.29, 0.717) is 39.0 Å². The van der Waals surface area contributed by atoms with E-state index in [1.807, 2.05) is 0 Å². The molecule has 0 fully saturated rings. The fourth-order valence-electron chi connectivity index (χ4n) is 3.41. The number of fused-ring (bicyclic) bond motifs is 1. The number of aromatic nitrogens is 1. The van der Waals surface area contributed by atoms with Gasteiger partial charge in [-0.05, 0) is 69.3 Å². The predicted octanol–water partition coefficient (Wildman–Crippen LogP) is 7.54. The minimum atomic E-state index is -1.19. The van der Waals surface area contributed by atoms with Crippen LogP contribution in [0.4, 0.5) is 26.2 Å². The second kappa shape index (κ2) is 9.79. The van der Waals surface area contributed by atoms with Gasteiger partial charge in [0.1, 0.15) is 28.6 Å². The van der Waals surface area contributed by atoms with Crippen LogP contribution in [0.2, 0.25) is 5.02 Å². The Morgan fingerprint density at radius 2 is 1.81 bits per heavy atom. The summed E-state index contributed by atoms with van der Waals surface area (Å²) in [5, 5.41) is 15.7. The average Bonchev–Trinajstić information content (AvgIpc) is 3.24. The minimum absolute atomic E-state index is 0.0864. The number of rotatable bonds is 6. The van der Waals surface area contributed by atoms with Crippen LogP contribution in [0.3, 0.4) is 0 Å². The number of halogens is 2. The van der Waals surface area contributed by atoms with Crippen molar-refractivity contribution >= 4 is 51.6 Å². The molecule has 8 nitrogen and oxygen atoms in total. The molecule has 4 aromatic rings. The number of benzene rings is 3. The normalized spacial score (nSPS) is 11.2. The number of carbonyl (C=O) groups excluding carboxylic acids is 1. The van der Waals surface area contributed by atoms with E-state index in [-0.39, 0.29) is 11.2 Å². The van der Waals surface area contributed by atoms with Gasteiger partial charge in [0, 0.05) is 28.5 Å². The molecule has 0 saturated heterocycles. The Bertz CT molecular complexity index is 1460. The molecule has 1 amide bonds. The van der Waals surface area contributed by atoms with Crippen LogP contribution in [0.25, 0.3) is 10.9 Å². The summed E-state index contributed by atoms with van der Waals surface area (Å²) in [4.78, 5) is 25.9. The lowest BCUT2D eigenvalue weighted by Crippen LogP contribution is -2.27. The predicted molar refractivity (Wildman–Crippen MR) is 136 cm³/mol. The van der Waals surface area contributed by atoms with Crippen molar-refractivity contribution in [3.05, 3.63) is 77.2 Å². The standard InChI is InChI=1S/C26H23ClFN3O5/c1-26(2,3)36-25(34)30-14-5-4-6-16(11-14)35-22-10-7-15(12-18(22)27)29-20-9-8-19(28)23-17(20)13-21(31-23)24(32)33/h4-13,29,31H,1-3H3,(H,30,34)(H,32,33). The zero-order chi connectivity index (χ0) is 26.0. The topological polar surface area (TPSA) is 113 Å². The van der Waals surface area contributed by atoms with Crippen LogP contribution in [0.15, 0.2) is 60.7 Å². The highest BCUT2D eigenvalue weighted by atomic mass is 35.5. The van der Waals surface area contributed by atoms with Crippen molar-refractivity contribution in [2.75, 3.05) is 10.6 Å². The highest BCUT2D eigenvalue weighted by Crippen LogP contribution is 2.35. The van der Waals surface area contributed by atoms with Crippen molar-refractivity contribution in [3.8, 4) is 11.5 Å². The summed E-state index contributed by atoms with van der Waals surface area (Å²) >= 11 is 6.43. The van der Waals surface area contributed by atoms with Crippen LogP contribution in [-0.4, -0.2) is 27.8 Å². The van der Waals surface area contributed by atoms with Crippen LogP contribution in [0.1, 0.15) is 31.3 Å². The van der Waals surface area contributed by atoms with Crippen molar-refractivity contribution in [3.63, 3.8) is 0 Å². The van der Waals surface area contributed by atoms with Crippen molar-refractivity contribution in [1.82, 2.24) is 4.98 Å². The molecule has 4 N–H and O–H groups in total. The largest absolute Gasteiger partial charge is 0.477 e. The van der Waals surface area contributed by atoms with E-state index in [1.165, 1.54) is 18.2 Å². The number of hydrogen-bond donors (Lipinski definition) is 4. The molecule has 0 atom stereocenters. The summed E-state index contributed by atoms with van der Waals surface area (Å²) in [6.45, 7) is 5.32. The second-order valence-corrected chi connectivity index (χ2v) is 9.31. The molecular weight excluding hydrogens is 489 g/mol. The zero-order valence-electron chi connectivity index (χ0n) is 19.6. The molecule has 0 unspecified atom stereocenters. The first-order valence-electron chi connectivity index (χ1n) is 10.9. The molecule has 36 heavy (non-hydrogen) atoms. The van der Waals surface area contributed by atoms with Gasteiger partial charge >= 0.3 is 12.1 Å². The SMILES string of the molecule is CC(C)(C)OC(=O)Nc1cccc(Oc2ccc(Nc3ccc(F)c4[nH]c(C(=O)O)cc34)cc2Cl)c1. The van der Waals surface area contributed by atoms with Crippen molar-refractivity contribution in [2.45, 2.75) is 26.4 Å². The fraction of sp³-hybridized carbons (Fsp3) is 0.154. The number of carboxylic acids is 1. The number of hydrogen-bond acceptors (Lipinski definition) is 5. The lowest BCUT2D eigenvalue weighted by atomic mass is 10.2. The molecule has 0 aliphatic rings. The van der Waals surface area contributed by atoms with E-state index in [2.05, 4.69) is 15.6 Å². The second-order valence-electron chi connectivity index (χ2n) is 8.90. The third-order valence-corrected chi connectivity index (χ3v) is 5.19. The van der Waals surface area contributed by atoms with Crippen LogP contribution >= 0.6 is 11.6 Å². The maximum absolute atomic E-state index is 14.2. The molecule has 0 radical (unpaired) electrons. The Morgan fingerprint density at radius 3 is 2.50 bits per heavy atom. The number of aromatic amines is 1. The highest BCUT2D eigenvalue weighted by molar-refractivity contribution is 6.32. The third-order valence-electron chi connectivity index (χ3n) is 4.89. The summed E-state index contributed by atoms with van der Waals surface area (Å²) in [5.41, 5.74) is 0.913. The number of nitrogens with one attached hydrogen (secondary N) is 3. The molecule has 0 aliphatic heterocycles. The molecule has 0 spiro atoms. The maximum Gasteiger partial charge on any atom is 0.412 e. The van der Waals surface area contributed by atoms with Gasteiger partial charge < -0.3 is 24.9 Å². The van der Waals surface area contributed by atoms with E-state index < -0.39 is 23.5 Å². The van der Waals surface area contributed by atoms with Gasteiger partial charge in [0.25, 0.3) is 0 Å². The van der Waals surface area contributed by atoms with Gasteiger partial charge in [0.15, 0.2) is 0 Å². The van der Waals surface area contributed by atoms with Crippen LogP contribution in [0.5, 0.6) is 11.5 Å². The first kappa shape index (κ1) is 24.9. The van der Waals surface area contributed by atoms with Crippen LogP contribution < -0.4 is 15.4 Å². The molecular formula is C26H23ClFN3O5. The Hall–Kier alpha value is -4.24. The highest BCUT2D eigenvalue weighted by Gasteiger charge is 2.17. The number of carbonyl (C=O) groups is 2. The lowest BCUT2D eigenvalue weighted by Gasteiger charge is -2.19. The van der Waals surface area contributed by atoms with Gasteiger partial charge in [-0.3, -0.25) is 5.32 Å². The summed E-state index contributed by atoms with van der Waals surface area (Å²) in [6, 6.07) is 15.9. The van der Waals surface area contributed by atoms with Crippen LogP contribution in [-0.2, 0) is 4.74 Å². The van der Waals surface area contributed by atoms with Crippen molar-refractivity contribution < 1.29 is 28.6 Å². The van der Waals surface area contributed by atoms with Crippen molar-refractivity contribution in [1.29, 1.82) is 0 Å². The van der Waals surface area contributed by atoms with Crippen LogP contribution in [0, 0.1) is 5.82 Å². The molecule has 186 valence electrons. The number of H-pyrrole nitrogens is 1. The minimum Gasteiger partial charge on any atom is -0.477 e. The van der Waals surface area contributed by atoms with E-state index in [9.17, 15) is 19.1 Å². The number of amides is 1. The number of carboxylic acid groups (broad SMARTS) is 1. The fourth-order valence-corrected chi connectivity index (χ4v) is 3.63. The van der Waals surface area contributed by atoms with Crippen molar-refractivity contribution in [2.24, 2.45) is 0 Å². The lowest BCUT2D eigenvalue weighted by molar-refractivity contribution is 0.0634. The number of ether oxygens (including phenoxy) is 2. The Kier molecular flexibility index (Phi) is 6.76. The molecule has 0 saturated carbocycles. The van der Waals surface area contributed by atoms with E-state index in [1.54, 1.807) is 63.2 Å². The molecule has 0 bridgehead atoms. The smallest absolute Gasteiger partial charge is 0.412 e. The monoisotopic (exact) mass is 511 g/mol.